The van der Waals surface area contributed by atoms with Gasteiger partial charge in [-0.15, -0.1) is 0 Å². The van der Waals surface area contributed by atoms with Crippen LogP contribution in [0.25, 0.3) is 10.8 Å². The van der Waals surface area contributed by atoms with Crippen LogP contribution in [0.2, 0.25) is 0 Å². The molecule has 1 fully saturated rings. The van der Waals surface area contributed by atoms with Gasteiger partial charge in [0.2, 0.25) is 0 Å². The second kappa shape index (κ2) is 16.0. The highest BCUT2D eigenvalue weighted by molar-refractivity contribution is 5.96. The molecule has 10 heteroatoms. The first-order valence-corrected chi connectivity index (χ1v) is 14.8. The van der Waals surface area contributed by atoms with Crippen molar-refractivity contribution in [1.29, 1.82) is 0 Å². The average molecular weight is 650 g/mol. The van der Waals surface area contributed by atoms with E-state index in [9.17, 15) is 23.9 Å². The summed E-state index contributed by atoms with van der Waals surface area (Å²) >= 11 is 0. The molecule has 1 aliphatic rings. The van der Waals surface area contributed by atoms with Crippen molar-refractivity contribution in [3.8, 4) is 23.0 Å². The van der Waals surface area contributed by atoms with Crippen LogP contribution in [0.1, 0.15) is 61.3 Å². The van der Waals surface area contributed by atoms with Crippen molar-refractivity contribution >= 4 is 28.7 Å². The molecule has 0 saturated carbocycles. The van der Waals surface area contributed by atoms with E-state index in [2.05, 4.69) is 57.5 Å². The fourth-order valence-electron chi connectivity index (χ4n) is 4.87. The van der Waals surface area contributed by atoms with E-state index < -0.39 is 23.5 Å². The van der Waals surface area contributed by atoms with E-state index >= 15 is 0 Å². The van der Waals surface area contributed by atoms with Gasteiger partial charge in [0.1, 0.15) is 17.6 Å². The summed E-state index contributed by atoms with van der Waals surface area (Å²) in [6, 6.07) is 13.9. The lowest BCUT2D eigenvalue weighted by atomic mass is 9.81. The third-order valence-corrected chi connectivity index (χ3v) is 6.69. The van der Waals surface area contributed by atoms with Crippen LogP contribution in [0, 0.1) is 5.82 Å². The summed E-state index contributed by atoms with van der Waals surface area (Å²) in [6.45, 7) is 23.7. The highest BCUT2D eigenvalue weighted by Crippen LogP contribution is 2.32. The third-order valence-electron chi connectivity index (χ3n) is 6.69. The molecule has 0 atom stereocenters. The molecular formula is C37H44FNO8. The molecule has 0 aromatic heterocycles. The van der Waals surface area contributed by atoms with Crippen molar-refractivity contribution in [2.45, 2.75) is 78.5 Å². The second-order valence-electron chi connectivity index (χ2n) is 12.7. The van der Waals surface area contributed by atoms with Gasteiger partial charge >= 0.3 is 17.9 Å². The number of para-hydroxylation sites is 1. The molecule has 9 nitrogen and oxygen atoms in total. The Bertz CT molecular complexity index is 1660. The maximum absolute atomic E-state index is 12.8. The number of phenols is 2. The van der Waals surface area contributed by atoms with E-state index in [0.29, 0.717) is 27.7 Å². The number of benzene rings is 3. The van der Waals surface area contributed by atoms with Crippen molar-refractivity contribution in [2.75, 3.05) is 0 Å². The summed E-state index contributed by atoms with van der Waals surface area (Å²) in [4.78, 5) is 34.0. The molecule has 0 unspecified atom stereocenters. The number of aromatic hydroxyl groups is 2. The number of hydrogen-bond donors (Lipinski definition) is 3. The van der Waals surface area contributed by atoms with Gasteiger partial charge in [-0.05, 0) is 72.7 Å². The first kappa shape index (κ1) is 38.2. The average Bonchev–Trinajstić information content (AvgIpc) is 2.95. The van der Waals surface area contributed by atoms with Crippen molar-refractivity contribution in [1.82, 2.24) is 5.32 Å². The Labute approximate surface area is 275 Å². The van der Waals surface area contributed by atoms with Crippen LogP contribution in [0.15, 0.2) is 91.1 Å². The zero-order valence-electron chi connectivity index (χ0n) is 28.0. The number of nitrogens with one attached hydrogen (secondary N) is 1. The van der Waals surface area contributed by atoms with Gasteiger partial charge in [-0.25, -0.2) is 18.8 Å². The van der Waals surface area contributed by atoms with Crippen molar-refractivity contribution in [3.63, 3.8) is 0 Å². The number of phenolic OH excluding ortho intramolecular Hbond substituents is 2. The molecule has 0 spiro atoms. The summed E-state index contributed by atoms with van der Waals surface area (Å²) in [7, 11) is 0. The molecule has 3 aromatic rings. The van der Waals surface area contributed by atoms with E-state index in [0.717, 1.165) is 18.9 Å². The van der Waals surface area contributed by atoms with Gasteiger partial charge in [0.25, 0.3) is 0 Å². The number of hydrogen-bond acceptors (Lipinski definition) is 9. The van der Waals surface area contributed by atoms with Gasteiger partial charge in [-0.3, -0.25) is 0 Å². The van der Waals surface area contributed by atoms with Gasteiger partial charge in [0.05, 0.1) is 0 Å². The monoisotopic (exact) mass is 649 g/mol. The molecule has 4 rings (SSSR count). The number of rotatable bonds is 6. The van der Waals surface area contributed by atoms with E-state index in [1.165, 1.54) is 19.1 Å². The second-order valence-corrected chi connectivity index (χ2v) is 12.7. The topological polar surface area (TPSA) is 131 Å². The van der Waals surface area contributed by atoms with Gasteiger partial charge in [-0.1, -0.05) is 50.1 Å². The fraction of sp³-hybridized carbons (Fsp3) is 0.324. The molecule has 0 radical (unpaired) electrons. The number of halogens is 1. The Balaban J connectivity index is 0.000000246. The zero-order chi connectivity index (χ0) is 35.7. The Morgan fingerprint density at radius 2 is 1.17 bits per heavy atom. The summed E-state index contributed by atoms with van der Waals surface area (Å²) < 4.78 is 28.1. The van der Waals surface area contributed by atoms with Crippen molar-refractivity contribution in [2.24, 2.45) is 0 Å². The molecule has 1 saturated heterocycles. The summed E-state index contributed by atoms with van der Waals surface area (Å²) in [5.41, 5.74) is 0.980. The van der Waals surface area contributed by atoms with Crippen molar-refractivity contribution in [3.05, 3.63) is 96.9 Å². The predicted octanol–water partition coefficient (Wildman–Crippen LogP) is 7.45. The summed E-state index contributed by atoms with van der Waals surface area (Å²) in [5.74, 6) is -2.59. The fourth-order valence-corrected chi connectivity index (χ4v) is 4.87. The van der Waals surface area contributed by atoms with Crippen molar-refractivity contribution < 1.29 is 43.2 Å². The van der Waals surface area contributed by atoms with Crippen LogP contribution in [-0.4, -0.2) is 45.3 Å². The summed E-state index contributed by atoms with van der Waals surface area (Å²) in [5, 5.41) is 23.7. The third kappa shape index (κ3) is 11.7. The lowest BCUT2D eigenvalue weighted by molar-refractivity contribution is -0.148. The minimum Gasteiger partial charge on any atom is -0.507 e. The Hall–Kier alpha value is -4.96. The number of esters is 3. The van der Waals surface area contributed by atoms with Gasteiger partial charge in [0.15, 0.2) is 17.3 Å². The van der Waals surface area contributed by atoms with E-state index in [-0.39, 0.29) is 40.2 Å². The largest absolute Gasteiger partial charge is 0.507 e. The lowest BCUT2D eigenvalue weighted by Crippen LogP contribution is -2.59. The molecule has 0 bridgehead atoms. The maximum Gasteiger partial charge on any atom is 0.338 e. The van der Waals surface area contributed by atoms with Crippen LogP contribution < -0.4 is 14.8 Å². The number of carbonyl (C=O) groups excluding carboxylic acids is 3. The smallest absolute Gasteiger partial charge is 0.338 e. The molecule has 3 N–H and O–H groups in total. The maximum atomic E-state index is 12.8. The van der Waals surface area contributed by atoms with Crippen LogP contribution >= 0.6 is 0 Å². The molecule has 3 aromatic carbocycles. The SMILES string of the molecule is C=C(C)C(=O)OC1CC(C)(C)NC(C)(C)C1.C=C(C)C(=O)Oc1cccc(F)c1O.C=C(C)C(=O)Oc1cccc2c(O)cccc12. The minimum absolute atomic E-state index is 0.00176. The van der Waals surface area contributed by atoms with E-state index in [4.69, 9.17) is 14.6 Å². The normalized spacial score (nSPS) is 14.6. The van der Waals surface area contributed by atoms with Gasteiger partial charge in [-0.2, -0.15) is 0 Å². The lowest BCUT2D eigenvalue weighted by Gasteiger charge is -2.45. The predicted molar refractivity (Wildman–Crippen MR) is 180 cm³/mol. The van der Waals surface area contributed by atoms with Crippen LogP contribution in [0.3, 0.4) is 0 Å². The number of carbonyl (C=O) groups is 3. The molecule has 0 amide bonds. The first-order chi connectivity index (χ1) is 21.7. The number of fused-ring (bicyclic) bond motifs is 1. The van der Waals surface area contributed by atoms with Crippen LogP contribution in [0.4, 0.5) is 4.39 Å². The number of ether oxygens (including phenoxy) is 3. The van der Waals surface area contributed by atoms with Gasteiger partial charge in [0, 0.05) is 51.4 Å². The Morgan fingerprint density at radius 3 is 1.70 bits per heavy atom. The molecule has 0 aliphatic carbocycles. The van der Waals surface area contributed by atoms with E-state index in [1.54, 1.807) is 50.2 Å². The minimum atomic E-state index is -0.836. The van der Waals surface area contributed by atoms with E-state index in [1.807, 2.05) is 0 Å². The highest BCUT2D eigenvalue weighted by atomic mass is 19.1. The Kier molecular flexibility index (Phi) is 13.0. The summed E-state index contributed by atoms with van der Waals surface area (Å²) in [6.07, 6.45) is 1.67. The van der Waals surface area contributed by atoms with Gasteiger partial charge < -0.3 is 29.7 Å². The van der Waals surface area contributed by atoms with Crippen LogP contribution in [-0.2, 0) is 19.1 Å². The number of piperidine rings is 1. The molecular weight excluding hydrogens is 605 g/mol. The highest BCUT2D eigenvalue weighted by Gasteiger charge is 2.39. The molecule has 1 heterocycles. The standard InChI is InChI=1S/C14H12O3.C13H23NO2.C10H9FO3/c1-9(2)14(16)17-13-8-4-5-10-11(13)6-3-7-12(10)15;1-9(2)11(15)16-10-7-12(3,4)14-13(5,6)8-10;1-6(2)10(13)14-8-5-3-4-7(11)9(8)12/h3-8,15H,1H2,2H3;10,14H,1,7-8H2,2-6H3;3-5,12H,1H2,2H3. The molecule has 252 valence electrons. The first-order valence-electron chi connectivity index (χ1n) is 14.8. The Morgan fingerprint density at radius 1 is 0.723 bits per heavy atom. The quantitative estimate of drug-likeness (QED) is 0.142. The molecule has 1 aliphatic heterocycles. The zero-order valence-corrected chi connectivity index (χ0v) is 28.0. The molecule has 47 heavy (non-hydrogen) atoms. The van der Waals surface area contributed by atoms with Crippen LogP contribution in [0.5, 0.6) is 23.0 Å².